The van der Waals surface area contributed by atoms with E-state index in [1.165, 1.54) is 4.90 Å². The van der Waals surface area contributed by atoms with Crippen molar-refractivity contribution in [3.8, 4) is 0 Å². The van der Waals surface area contributed by atoms with Crippen LogP contribution in [0.25, 0.3) is 0 Å². The molecule has 0 unspecified atom stereocenters. The maximum Gasteiger partial charge on any atom is 0.410 e. The molecule has 0 spiro atoms. The summed E-state index contributed by atoms with van der Waals surface area (Å²) in [4.78, 5) is 42.7. The molecule has 9 nitrogen and oxygen atoms in total. The molecule has 0 aromatic rings. The topological polar surface area (TPSA) is 94.2 Å². The van der Waals surface area contributed by atoms with Crippen molar-refractivity contribution in [3.05, 3.63) is 0 Å². The number of hydrogen-bond acceptors (Lipinski definition) is 8. The average Bonchev–Trinajstić information content (AvgIpc) is 3.16. The van der Waals surface area contributed by atoms with Gasteiger partial charge < -0.3 is 30.1 Å². The van der Waals surface area contributed by atoms with Crippen LogP contribution in [0, 0.1) is 0 Å². The zero-order valence-electron chi connectivity index (χ0n) is 19.1. The van der Waals surface area contributed by atoms with E-state index < -0.39 is 11.7 Å². The summed E-state index contributed by atoms with van der Waals surface area (Å²) < 4.78 is 5.51. The molecule has 0 bridgehead atoms. The lowest BCUT2D eigenvalue weighted by Gasteiger charge is -2.28. The highest BCUT2D eigenvalue weighted by atomic mass is 33.1. The van der Waals surface area contributed by atoms with E-state index in [4.69, 9.17) is 4.74 Å². The van der Waals surface area contributed by atoms with Gasteiger partial charge >= 0.3 is 18.2 Å². The Bertz CT molecular complexity index is 569. The molecule has 0 aromatic heterocycles. The number of hydrogen-bond donors (Lipinski definition) is 2. The zero-order valence-corrected chi connectivity index (χ0v) is 22.4. The van der Waals surface area contributed by atoms with Crippen LogP contribution < -0.4 is 10.6 Å². The molecule has 32 heavy (non-hydrogen) atoms. The number of carbonyl (C=O) groups is 3. The average molecular weight is 526 g/mol. The number of amides is 5. The molecule has 0 atom stereocenters. The van der Waals surface area contributed by atoms with Crippen LogP contribution in [0.5, 0.6) is 0 Å². The lowest BCUT2D eigenvalue weighted by Crippen LogP contribution is -2.48. The van der Waals surface area contributed by atoms with Crippen LogP contribution in [0.3, 0.4) is 0 Å². The van der Waals surface area contributed by atoms with Gasteiger partial charge in [0.15, 0.2) is 0 Å². The minimum Gasteiger partial charge on any atom is -0.444 e. The summed E-state index contributed by atoms with van der Waals surface area (Å²) in [5, 5.41) is 5.81. The number of ether oxygens (including phenoxy) is 1. The summed E-state index contributed by atoms with van der Waals surface area (Å²) in [6.45, 7) is 9.60. The molecule has 13 heteroatoms. The molecule has 2 heterocycles. The molecule has 5 amide bonds. The molecule has 0 radical (unpaired) electrons. The van der Waals surface area contributed by atoms with Crippen molar-refractivity contribution in [1.82, 2.24) is 25.3 Å². The minimum absolute atomic E-state index is 0.109. The summed E-state index contributed by atoms with van der Waals surface area (Å²) in [5.74, 6) is 3.65. The highest BCUT2D eigenvalue weighted by Crippen LogP contribution is 2.24. The van der Waals surface area contributed by atoms with Crippen molar-refractivity contribution in [2.75, 3.05) is 75.4 Å². The molecule has 2 fully saturated rings. The first-order valence-electron chi connectivity index (χ1n) is 10.8. The van der Waals surface area contributed by atoms with Crippen LogP contribution in [0.4, 0.5) is 14.4 Å². The predicted molar refractivity (Wildman–Crippen MR) is 138 cm³/mol. The first-order valence-corrected chi connectivity index (χ1v) is 15.8. The molecule has 0 aliphatic carbocycles. The van der Waals surface area contributed by atoms with Gasteiger partial charge in [-0.25, -0.2) is 14.4 Å². The van der Waals surface area contributed by atoms with Gasteiger partial charge in [-0.05, 0) is 20.8 Å². The van der Waals surface area contributed by atoms with Crippen LogP contribution in [-0.4, -0.2) is 114 Å². The van der Waals surface area contributed by atoms with Crippen molar-refractivity contribution in [2.24, 2.45) is 0 Å². The fourth-order valence-electron chi connectivity index (χ4n) is 2.90. The molecule has 2 aliphatic rings. The maximum absolute atomic E-state index is 12.7. The lowest BCUT2D eigenvalue weighted by molar-refractivity contribution is 0.0254. The normalized spacial score (nSPS) is 17.7. The largest absolute Gasteiger partial charge is 0.444 e. The summed E-state index contributed by atoms with van der Waals surface area (Å²) in [5.41, 5.74) is -0.620. The van der Waals surface area contributed by atoms with Crippen molar-refractivity contribution in [1.29, 1.82) is 0 Å². The summed E-state index contributed by atoms with van der Waals surface area (Å²) in [6.07, 6.45) is -0.453. The van der Waals surface area contributed by atoms with E-state index in [1.807, 2.05) is 30.6 Å². The summed E-state index contributed by atoms with van der Waals surface area (Å²) in [6, 6.07) is -0.218. The van der Waals surface area contributed by atoms with Crippen molar-refractivity contribution < 1.29 is 19.1 Å². The second kappa shape index (κ2) is 14.5. The third kappa shape index (κ3) is 10.9. The second-order valence-corrected chi connectivity index (χ2v) is 13.6. The van der Waals surface area contributed by atoms with Crippen molar-refractivity contribution >= 4 is 61.3 Å². The Hall–Kier alpha value is -0.790. The van der Waals surface area contributed by atoms with Crippen LogP contribution in [0.15, 0.2) is 0 Å². The molecule has 2 rings (SSSR count). The highest BCUT2D eigenvalue weighted by Gasteiger charge is 2.23. The monoisotopic (exact) mass is 525 g/mol. The third-order valence-electron chi connectivity index (χ3n) is 4.49. The van der Waals surface area contributed by atoms with E-state index in [2.05, 4.69) is 10.6 Å². The predicted octanol–water partition coefficient (Wildman–Crippen LogP) is 3.04. The van der Waals surface area contributed by atoms with E-state index in [0.29, 0.717) is 26.2 Å². The van der Waals surface area contributed by atoms with E-state index in [-0.39, 0.29) is 12.1 Å². The number of nitrogens with one attached hydrogen (secondary N) is 2. The molecular weight excluding hydrogens is 491 g/mol. The highest BCUT2D eigenvalue weighted by molar-refractivity contribution is 8.77. The maximum atomic E-state index is 12.7. The Morgan fingerprint density at radius 2 is 1.16 bits per heavy atom. The van der Waals surface area contributed by atoms with Gasteiger partial charge in [0.05, 0.1) is 0 Å². The Balaban J connectivity index is 1.81. The molecule has 0 aromatic carbocycles. The smallest absolute Gasteiger partial charge is 0.410 e. The first kappa shape index (κ1) is 27.5. The van der Waals surface area contributed by atoms with E-state index in [0.717, 1.165) is 49.2 Å². The Morgan fingerprint density at radius 3 is 1.50 bits per heavy atom. The quantitative estimate of drug-likeness (QED) is 0.511. The Labute approximate surface area is 207 Å². The molecule has 2 aliphatic heterocycles. The van der Waals surface area contributed by atoms with Crippen LogP contribution in [-0.2, 0) is 4.74 Å². The zero-order chi connectivity index (χ0) is 23.4. The van der Waals surface area contributed by atoms with Crippen molar-refractivity contribution in [2.45, 2.75) is 26.4 Å². The van der Waals surface area contributed by atoms with Gasteiger partial charge in [-0.2, -0.15) is 0 Å². The standard InChI is InChI=1S/C19H35N5O4S4/c1-19(2,3)28-18(27)24(6-4-20-16(25)22-8-12-29-30-13-9-22)7-5-21-17(26)23-10-14-31-32-15-11-23/h4-15H2,1-3H3,(H,20,25)(H,21,26). The molecule has 0 saturated carbocycles. The van der Waals surface area contributed by atoms with Gasteiger partial charge in [0.2, 0.25) is 0 Å². The SMILES string of the molecule is CC(C)(C)OC(=O)N(CCNC(=O)N1CCSSCC1)CCNC(=O)N1CCSSCC1. The van der Waals surface area contributed by atoms with Gasteiger partial charge in [0.1, 0.15) is 5.60 Å². The second-order valence-electron chi connectivity index (χ2n) is 8.19. The number of rotatable bonds is 6. The van der Waals surface area contributed by atoms with E-state index in [1.54, 1.807) is 43.2 Å². The molecule has 2 saturated heterocycles. The molecule has 2 N–H and O–H groups in total. The van der Waals surface area contributed by atoms with E-state index in [9.17, 15) is 14.4 Å². The van der Waals surface area contributed by atoms with Crippen LogP contribution in [0.2, 0.25) is 0 Å². The Morgan fingerprint density at radius 1 is 0.781 bits per heavy atom. The van der Waals surface area contributed by atoms with Crippen molar-refractivity contribution in [3.63, 3.8) is 0 Å². The third-order valence-corrected chi connectivity index (χ3v) is 9.22. The molecular formula is C19H35N5O4S4. The van der Waals surface area contributed by atoms with Gasteiger partial charge in [-0.15, -0.1) is 0 Å². The Kier molecular flexibility index (Phi) is 12.4. The van der Waals surface area contributed by atoms with Gasteiger partial charge in [-0.3, -0.25) is 0 Å². The molecule has 184 valence electrons. The van der Waals surface area contributed by atoms with Crippen LogP contribution in [0.1, 0.15) is 20.8 Å². The first-order chi connectivity index (χ1) is 15.3. The number of urea groups is 2. The minimum atomic E-state index is -0.620. The lowest BCUT2D eigenvalue weighted by atomic mass is 10.2. The van der Waals surface area contributed by atoms with Gasteiger partial charge in [0.25, 0.3) is 0 Å². The number of nitrogens with zero attached hydrogens (tertiary/aromatic N) is 3. The van der Waals surface area contributed by atoms with E-state index >= 15 is 0 Å². The fourth-order valence-corrected chi connectivity index (χ4v) is 6.86. The van der Waals surface area contributed by atoms with Gasteiger partial charge in [-0.1, -0.05) is 43.2 Å². The summed E-state index contributed by atoms with van der Waals surface area (Å²) in [7, 11) is 7.13. The van der Waals surface area contributed by atoms with Crippen LogP contribution >= 0.6 is 43.2 Å². The van der Waals surface area contributed by atoms with Gasteiger partial charge in [0, 0.05) is 75.4 Å². The fraction of sp³-hybridized carbons (Fsp3) is 0.842. The summed E-state index contributed by atoms with van der Waals surface area (Å²) >= 11 is 0. The number of carbonyl (C=O) groups excluding carboxylic acids is 3.